The van der Waals surface area contributed by atoms with E-state index in [0.717, 1.165) is 17.7 Å². The van der Waals surface area contributed by atoms with Gasteiger partial charge >= 0.3 is 6.03 Å². The molecular formula is C16H19FN2O4. The fourth-order valence-electron chi connectivity index (χ4n) is 3.00. The molecule has 0 bridgehead atoms. The summed E-state index contributed by atoms with van der Waals surface area (Å²) in [5.41, 5.74) is 0. The largest absolute Gasteiger partial charge is 0.491 e. The summed E-state index contributed by atoms with van der Waals surface area (Å²) in [6.07, 6.45) is 1.53. The van der Waals surface area contributed by atoms with Gasteiger partial charge in [-0.15, -0.1) is 0 Å². The lowest BCUT2D eigenvalue weighted by Crippen LogP contribution is -2.40. The molecule has 2 saturated heterocycles. The molecule has 0 radical (unpaired) electrons. The van der Waals surface area contributed by atoms with Crippen molar-refractivity contribution in [1.29, 1.82) is 0 Å². The van der Waals surface area contributed by atoms with Crippen molar-refractivity contribution in [3.63, 3.8) is 0 Å². The first-order chi connectivity index (χ1) is 11.1. The molecule has 6 nitrogen and oxygen atoms in total. The number of benzene rings is 1. The maximum Gasteiger partial charge on any atom is 0.327 e. The number of carbonyl (C=O) groups excluding carboxylic acids is 2. The Morgan fingerprint density at radius 1 is 1.26 bits per heavy atom. The topological polar surface area (TPSA) is 70.1 Å². The molecule has 2 aliphatic heterocycles. The van der Waals surface area contributed by atoms with Crippen LogP contribution in [0.25, 0.3) is 0 Å². The van der Waals surface area contributed by atoms with Gasteiger partial charge in [0.15, 0.2) is 0 Å². The van der Waals surface area contributed by atoms with Crippen LogP contribution in [0.3, 0.4) is 0 Å². The van der Waals surface area contributed by atoms with Gasteiger partial charge in [-0.3, -0.25) is 9.69 Å². The van der Waals surface area contributed by atoms with Crippen molar-refractivity contribution in [2.75, 3.05) is 19.7 Å². The third-order valence-electron chi connectivity index (χ3n) is 4.18. The number of hydrogen-bond acceptors (Lipinski definition) is 4. The lowest BCUT2D eigenvalue weighted by Gasteiger charge is -2.26. The normalized spacial score (nSPS) is 22.3. The molecule has 124 valence electrons. The Labute approximate surface area is 133 Å². The zero-order valence-corrected chi connectivity index (χ0v) is 12.7. The number of hydrogen-bond donors (Lipinski definition) is 1. The molecule has 2 aliphatic rings. The number of urea groups is 1. The van der Waals surface area contributed by atoms with Gasteiger partial charge in [-0.2, -0.15) is 0 Å². The summed E-state index contributed by atoms with van der Waals surface area (Å²) in [5, 5.41) is 10.0. The molecule has 0 unspecified atom stereocenters. The molecule has 1 aromatic rings. The SMILES string of the molecule is O=C1[C@H]2CCCCN2C(=O)N1C[C@@H](O)COc1ccc(F)cc1. The minimum Gasteiger partial charge on any atom is -0.491 e. The molecule has 0 saturated carbocycles. The Morgan fingerprint density at radius 2 is 2.00 bits per heavy atom. The smallest absolute Gasteiger partial charge is 0.327 e. The van der Waals surface area contributed by atoms with E-state index in [-0.39, 0.29) is 36.9 Å². The first kappa shape index (κ1) is 15.7. The van der Waals surface area contributed by atoms with Crippen LogP contribution in [0, 0.1) is 5.82 Å². The van der Waals surface area contributed by atoms with E-state index in [0.29, 0.717) is 18.7 Å². The highest BCUT2D eigenvalue weighted by Gasteiger charge is 2.46. The van der Waals surface area contributed by atoms with Gasteiger partial charge in [0.1, 0.15) is 30.3 Å². The summed E-state index contributed by atoms with van der Waals surface area (Å²) in [6, 6.07) is 4.71. The van der Waals surface area contributed by atoms with Gasteiger partial charge in [0.25, 0.3) is 5.91 Å². The molecule has 7 heteroatoms. The summed E-state index contributed by atoms with van der Waals surface area (Å²) in [6.45, 7) is 0.424. The van der Waals surface area contributed by atoms with Gasteiger partial charge in [0.2, 0.25) is 0 Å². The average molecular weight is 322 g/mol. The van der Waals surface area contributed by atoms with Crippen molar-refractivity contribution >= 4 is 11.9 Å². The number of rotatable bonds is 5. The van der Waals surface area contributed by atoms with Crippen LogP contribution in [0.1, 0.15) is 19.3 Å². The third kappa shape index (κ3) is 3.29. The van der Waals surface area contributed by atoms with Gasteiger partial charge in [-0.05, 0) is 43.5 Å². The number of imide groups is 1. The maximum absolute atomic E-state index is 12.8. The van der Waals surface area contributed by atoms with Crippen LogP contribution in [0.5, 0.6) is 5.75 Å². The van der Waals surface area contributed by atoms with Crippen molar-refractivity contribution in [3.8, 4) is 5.75 Å². The number of amides is 3. The van der Waals surface area contributed by atoms with Gasteiger partial charge in [-0.1, -0.05) is 0 Å². The molecule has 2 atom stereocenters. The third-order valence-corrected chi connectivity index (χ3v) is 4.18. The molecule has 0 spiro atoms. The molecule has 2 heterocycles. The first-order valence-corrected chi connectivity index (χ1v) is 7.74. The highest BCUT2D eigenvalue weighted by atomic mass is 19.1. The van der Waals surface area contributed by atoms with E-state index in [1.807, 2.05) is 0 Å². The van der Waals surface area contributed by atoms with Crippen LogP contribution < -0.4 is 4.74 Å². The number of aliphatic hydroxyl groups is 1. The van der Waals surface area contributed by atoms with E-state index in [9.17, 15) is 19.1 Å². The quantitative estimate of drug-likeness (QED) is 0.832. The minimum absolute atomic E-state index is 0.0760. The summed E-state index contributed by atoms with van der Waals surface area (Å²) in [7, 11) is 0. The second-order valence-electron chi connectivity index (χ2n) is 5.86. The molecular weight excluding hydrogens is 303 g/mol. The van der Waals surface area contributed by atoms with E-state index in [1.54, 1.807) is 4.90 Å². The number of ether oxygens (including phenoxy) is 1. The Bertz CT molecular complexity index is 568. The second-order valence-corrected chi connectivity index (χ2v) is 5.86. The fourth-order valence-corrected chi connectivity index (χ4v) is 3.00. The van der Waals surface area contributed by atoms with E-state index >= 15 is 0 Å². The number of β-amino-alcohol motifs (C(OH)–C–C–N with tert-alkyl or cyclic N) is 1. The van der Waals surface area contributed by atoms with Crippen LogP contribution in [-0.4, -0.2) is 58.7 Å². The number of piperidine rings is 1. The number of halogens is 1. The van der Waals surface area contributed by atoms with E-state index in [1.165, 1.54) is 24.3 Å². The fraction of sp³-hybridized carbons (Fsp3) is 0.500. The predicted molar refractivity (Wildman–Crippen MR) is 79.4 cm³/mol. The van der Waals surface area contributed by atoms with Crippen molar-refractivity contribution in [1.82, 2.24) is 9.80 Å². The highest BCUT2D eigenvalue weighted by Crippen LogP contribution is 2.26. The monoisotopic (exact) mass is 322 g/mol. The molecule has 3 amide bonds. The molecule has 0 aromatic heterocycles. The Balaban J connectivity index is 1.55. The number of carbonyl (C=O) groups is 2. The van der Waals surface area contributed by atoms with E-state index in [2.05, 4.69) is 0 Å². The van der Waals surface area contributed by atoms with Crippen molar-refractivity contribution in [3.05, 3.63) is 30.1 Å². The van der Waals surface area contributed by atoms with E-state index in [4.69, 9.17) is 4.74 Å². The molecule has 0 aliphatic carbocycles. The molecule has 2 fully saturated rings. The van der Waals surface area contributed by atoms with E-state index < -0.39 is 6.10 Å². The Hall–Kier alpha value is -2.15. The molecule has 23 heavy (non-hydrogen) atoms. The summed E-state index contributed by atoms with van der Waals surface area (Å²) in [5.74, 6) is -0.194. The van der Waals surface area contributed by atoms with Crippen molar-refractivity contribution in [2.45, 2.75) is 31.4 Å². The van der Waals surface area contributed by atoms with Gasteiger partial charge in [-0.25, -0.2) is 9.18 Å². The number of fused-ring (bicyclic) bond motifs is 1. The number of nitrogens with zero attached hydrogens (tertiary/aromatic N) is 2. The van der Waals surface area contributed by atoms with Crippen LogP contribution in [0.2, 0.25) is 0 Å². The van der Waals surface area contributed by atoms with Crippen LogP contribution in [-0.2, 0) is 4.79 Å². The van der Waals surface area contributed by atoms with Crippen LogP contribution >= 0.6 is 0 Å². The highest BCUT2D eigenvalue weighted by molar-refractivity contribution is 6.04. The minimum atomic E-state index is -0.991. The zero-order chi connectivity index (χ0) is 16.4. The van der Waals surface area contributed by atoms with Crippen LogP contribution in [0.15, 0.2) is 24.3 Å². The van der Waals surface area contributed by atoms with Gasteiger partial charge < -0.3 is 14.7 Å². The number of aliphatic hydroxyl groups excluding tert-OH is 1. The summed E-state index contributed by atoms with van der Waals surface area (Å²) in [4.78, 5) is 27.2. The van der Waals surface area contributed by atoms with Crippen molar-refractivity contribution < 1.29 is 23.8 Å². The van der Waals surface area contributed by atoms with Gasteiger partial charge in [0, 0.05) is 6.54 Å². The zero-order valence-electron chi connectivity index (χ0n) is 12.7. The second kappa shape index (κ2) is 6.54. The van der Waals surface area contributed by atoms with Crippen molar-refractivity contribution in [2.24, 2.45) is 0 Å². The van der Waals surface area contributed by atoms with Gasteiger partial charge in [0.05, 0.1) is 6.54 Å². The maximum atomic E-state index is 12.8. The predicted octanol–water partition coefficient (Wildman–Crippen LogP) is 1.38. The lowest BCUT2D eigenvalue weighted by atomic mass is 10.0. The average Bonchev–Trinajstić information content (AvgIpc) is 2.80. The Morgan fingerprint density at radius 3 is 2.70 bits per heavy atom. The molecule has 1 N–H and O–H groups in total. The summed E-state index contributed by atoms with van der Waals surface area (Å²) < 4.78 is 18.1. The molecule has 1 aromatic carbocycles. The van der Waals surface area contributed by atoms with Crippen LogP contribution in [0.4, 0.5) is 9.18 Å². The standard InChI is InChI=1S/C16H19FN2O4/c17-11-4-6-13(7-5-11)23-10-12(20)9-19-15(21)14-3-1-2-8-18(14)16(19)22/h4-7,12,14,20H,1-3,8-10H2/t12-,14-/m1/s1. The first-order valence-electron chi connectivity index (χ1n) is 7.74. The summed E-state index contributed by atoms with van der Waals surface area (Å²) >= 11 is 0. The Kier molecular flexibility index (Phi) is 4.47. The lowest BCUT2D eigenvalue weighted by molar-refractivity contribution is -0.129. The molecule has 3 rings (SSSR count).